The van der Waals surface area contributed by atoms with Gasteiger partial charge in [0.05, 0.1) is 18.6 Å². The van der Waals surface area contributed by atoms with Crippen molar-refractivity contribution in [1.29, 1.82) is 0 Å². The molecule has 2 bridgehead atoms. The van der Waals surface area contributed by atoms with Crippen LogP contribution in [0.1, 0.15) is 63.5 Å². The second-order valence-electron chi connectivity index (χ2n) is 11.7. The molecular formula is C33H38O4. The van der Waals surface area contributed by atoms with E-state index in [4.69, 9.17) is 4.74 Å². The van der Waals surface area contributed by atoms with Crippen LogP contribution in [0.15, 0.2) is 78.9 Å². The number of carbonyl (C=O) groups is 1. The summed E-state index contributed by atoms with van der Waals surface area (Å²) in [6.07, 6.45) is 3.53. The number of carbonyl (C=O) groups excluding carboxylic acids is 1. The number of aliphatic hydroxyl groups excluding tert-OH is 2. The Morgan fingerprint density at radius 3 is 2.49 bits per heavy atom. The van der Waals surface area contributed by atoms with Crippen LogP contribution in [-0.4, -0.2) is 34.5 Å². The molecule has 0 aromatic heterocycles. The van der Waals surface area contributed by atoms with Crippen LogP contribution in [0, 0.1) is 16.7 Å². The van der Waals surface area contributed by atoms with E-state index in [0.29, 0.717) is 0 Å². The molecule has 5 rings (SSSR count). The van der Waals surface area contributed by atoms with Gasteiger partial charge in [-0.25, -0.2) is 0 Å². The standard InChI is InChI=1S/C33H38O4/c1-32(2)28-18-19-33(32,3)30(27-15-9-13-23-12-7-8-14-26(23)27)31(28)37-29(36)21-25(35)20-24(34)17-16-22-10-5-4-6-11-22/h4-17,24-25,28,30-31,34-35H,18-21H2,1-3H3/b17-16+/t24-,25-,28+,30+,31+,33-/m0/s1. The predicted octanol–water partition coefficient (Wildman–Crippen LogP) is 6.51. The summed E-state index contributed by atoms with van der Waals surface area (Å²) in [7, 11) is 0. The summed E-state index contributed by atoms with van der Waals surface area (Å²) in [5.41, 5.74) is 2.25. The maximum absolute atomic E-state index is 13.1. The lowest BCUT2D eigenvalue weighted by atomic mass is 9.64. The van der Waals surface area contributed by atoms with Crippen molar-refractivity contribution < 1.29 is 19.7 Å². The molecule has 2 aliphatic rings. The van der Waals surface area contributed by atoms with Gasteiger partial charge in [0.1, 0.15) is 6.10 Å². The van der Waals surface area contributed by atoms with Gasteiger partial charge in [-0.05, 0) is 45.6 Å². The average molecular weight is 499 g/mol. The quantitative estimate of drug-likeness (QED) is 0.348. The fourth-order valence-corrected chi connectivity index (χ4v) is 7.10. The molecule has 4 heteroatoms. The molecule has 0 saturated heterocycles. The number of fused-ring (bicyclic) bond motifs is 3. The first-order valence-electron chi connectivity index (χ1n) is 13.5. The fourth-order valence-electron chi connectivity index (χ4n) is 7.10. The van der Waals surface area contributed by atoms with Gasteiger partial charge in [-0.15, -0.1) is 0 Å². The highest BCUT2D eigenvalue weighted by Gasteiger charge is 2.67. The van der Waals surface area contributed by atoms with Gasteiger partial charge in [-0.1, -0.05) is 106 Å². The number of benzene rings is 3. The zero-order valence-corrected chi connectivity index (χ0v) is 22.0. The first-order valence-corrected chi connectivity index (χ1v) is 13.5. The van der Waals surface area contributed by atoms with E-state index in [0.717, 1.165) is 18.4 Å². The number of aliphatic hydroxyl groups is 2. The lowest BCUT2D eigenvalue weighted by molar-refractivity contribution is -0.156. The third kappa shape index (κ3) is 4.73. The summed E-state index contributed by atoms with van der Waals surface area (Å²) in [6, 6.07) is 24.5. The first kappa shape index (κ1) is 25.7. The molecule has 0 amide bonds. The Balaban J connectivity index is 1.31. The molecule has 194 valence electrons. The zero-order chi connectivity index (χ0) is 26.2. The van der Waals surface area contributed by atoms with Crippen molar-refractivity contribution in [3.05, 3.63) is 90.0 Å². The maximum Gasteiger partial charge on any atom is 0.308 e. The SMILES string of the molecule is CC1(C)[C@@H]2CC[C@@]1(C)[C@H](c1cccc3ccccc13)[C@@H]2OC(=O)C[C@@H](O)C[C@@H](O)/C=C/c1ccccc1. The van der Waals surface area contributed by atoms with Crippen molar-refractivity contribution in [2.75, 3.05) is 0 Å². The number of ether oxygens (including phenoxy) is 1. The van der Waals surface area contributed by atoms with Gasteiger partial charge in [0, 0.05) is 18.3 Å². The van der Waals surface area contributed by atoms with E-state index < -0.39 is 18.2 Å². The minimum atomic E-state index is -0.971. The molecule has 0 spiro atoms. The zero-order valence-electron chi connectivity index (χ0n) is 22.0. The summed E-state index contributed by atoms with van der Waals surface area (Å²) in [5, 5.41) is 23.3. The first-order chi connectivity index (χ1) is 17.7. The Bertz CT molecular complexity index is 1270. The molecule has 3 aromatic carbocycles. The van der Waals surface area contributed by atoms with Crippen molar-refractivity contribution in [3.8, 4) is 0 Å². The summed E-state index contributed by atoms with van der Waals surface area (Å²) >= 11 is 0. The molecule has 0 heterocycles. The van der Waals surface area contributed by atoms with E-state index >= 15 is 0 Å². The van der Waals surface area contributed by atoms with E-state index in [-0.39, 0.29) is 41.6 Å². The summed E-state index contributed by atoms with van der Waals surface area (Å²) in [4.78, 5) is 13.1. The normalized spacial score (nSPS) is 28.0. The molecule has 2 saturated carbocycles. The van der Waals surface area contributed by atoms with Gasteiger partial charge >= 0.3 is 5.97 Å². The van der Waals surface area contributed by atoms with Crippen molar-refractivity contribution >= 4 is 22.8 Å². The number of esters is 1. The van der Waals surface area contributed by atoms with Gasteiger partial charge in [-0.2, -0.15) is 0 Å². The molecule has 2 fully saturated rings. The van der Waals surface area contributed by atoms with Crippen LogP contribution >= 0.6 is 0 Å². The van der Waals surface area contributed by atoms with E-state index in [2.05, 4.69) is 63.2 Å². The topological polar surface area (TPSA) is 66.8 Å². The highest BCUT2D eigenvalue weighted by molar-refractivity contribution is 5.86. The van der Waals surface area contributed by atoms with Crippen LogP contribution in [0.3, 0.4) is 0 Å². The smallest absolute Gasteiger partial charge is 0.308 e. The Kier molecular flexibility index (Phi) is 6.99. The minimum Gasteiger partial charge on any atom is -0.461 e. The molecule has 0 unspecified atom stereocenters. The van der Waals surface area contributed by atoms with Crippen LogP contribution in [0.5, 0.6) is 0 Å². The fraction of sp³-hybridized carbons (Fsp3) is 0.424. The molecular weight excluding hydrogens is 460 g/mol. The Morgan fingerprint density at radius 2 is 1.70 bits per heavy atom. The molecule has 0 radical (unpaired) electrons. The number of rotatable bonds is 8. The van der Waals surface area contributed by atoms with Gasteiger partial charge in [-0.3, -0.25) is 4.79 Å². The van der Waals surface area contributed by atoms with Crippen molar-refractivity contribution in [3.63, 3.8) is 0 Å². The maximum atomic E-state index is 13.1. The Labute approximate surface area is 220 Å². The van der Waals surface area contributed by atoms with Crippen LogP contribution in [0.4, 0.5) is 0 Å². The van der Waals surface area contributed by atoms with Crippen molar-refractivity contribution in [2.45, 2.75) is 70.7 Å². The minimum absolute atomic E-state index is 0.00375. The third-order valence-corrected chi connectivity index (χ3v) is 9.44. The van der Waals surface area contributed by atoms with Crippen LogP contribution in [0.2, 0.25) is 0 Å². The summed E-state index contributed by atoms with van der Waals surface area (Å²) in [5.74, 6) is -0.0382. The van der Waals surface area contributed by atoms with Crippen molar-refractivity contribution in [1.82, 2.24) is 0 Å². The third-order valence-electron chi connectivity index (χ3n) is 9.44. The lowest BCUT2D eigenvalue weighted by Gasteiger charge is -2.40. The second kappa shape index (κ2) is 10.1. The van der Waals surface area contributed by atoms with E-state index in [1.807, 2.05) is 36.4 Å². The predicted molar refractivity (Wildman–Crippen MR) is 148 cm³/mol. The van der Waals surface area contributed by atoms with E-state index in [1.54, 1.807) is 6.08 Å². The molecule has 2 aliphatic carbocycles. The van der Waals surface area contributed by atoms with Gasteiger partial charge < -0.3 is 14.9 Å². The largest absolute Gasteiger partial charge is 0.461 e. The molecule has 37 heavy (non-hydrogen) atoms. The second-order valence-corrected chi connectivity index (χ2v) is 11.7. The van der Waals surface area contributed by atoms with Crippen LogP contribution in [0.25, 0.3) is 16.8 Å². The van der Waals surface area contributed by atoms with Gasteiger partial charge in [0.15, 0.2) is 0 Å². The Morgan fingerprint density at radius 1 is 1.00 bits per heavy atom. The van der Waals surface area contributed by atoms with E-state index in [9.17, 15) is 15.0 Å². The van der Waals surface area contributed by atoms with Crippen LogP contribution < -0.4 is 0 Å². The van der Waals surface area contributed by atoms with Gasteiger partial charge in [0.2, 0.25) is 0 Å². The van der Waals surface area contributed by atoms with Gasteiger partial charge in [0.25, 0.3) is 0 Å². The average Bonchev–Trinajstić information content (AvgIpc) is 3.20. The van der Waals surface area contributed by atoms with Crippen molar-refractivity contribution in [2.24, 2.45) is 16.7 Å². The summed E-state index contributed by atoms with van der Waals surface area (Å²) in [6.45, 7) is 7.00. The molecule has 2 N–H and O–H groups in total. The highest BCUT2D eigenvalue weighted by atomic mass is 16.5. The highest BCUT2D eigenvalue weighted by Crippen LogP contribution is 2.72. The Hall–Kier alpha value is -2.95. The molecule has 3 aromatic rings. The van der Waals surface area contributed by atoms with Crippen LogP contribution in [-0.2, 0) is 9.53 Å². The lowest BCUT2D eigenvalue weighted by Crippen LogP contribution is -2.36. The monoisotopic (exact) mass is 498 g/mol. The van der Waals surface area contributed by atoms with E-state index in [1.165, 1.54) is 16.3 Å². The number of hydrogen-bond donors (Lipinski definition) is 2. The molecule has 4 nitrogen and oxygen atoms in total. The molecule has 0 aliphatic heterocycles. The number of hydrogen-bond acceptors (Lipinski definition) is 4. The molecule has 6 atom stereocenters. The summed E-state index contributed by atoms with van der Waals surface area (Å²) < 4.78 is 6.24.